The number of aryl methyl sites for hydroxylation is 1. The zero-order valence-corrected chi connectivity index (χ0v) is 15.8. The predicted octanol–water partition coefficient (Wildman–Crippen LogP) is 4.12. The number of nitrogens with two attached hydrogens (primary N) is 1. The molecule has 0 saturated carbocycles. The highest BCUT2D eigenvalue weighted by molar-refractivity contribution is 6.30. The average molecular weight is 390 g/mol. The molecule has 138 valence electrons. The van der Waals surface area contributed by atoms with E-state index >= 15 is 0 Å². The van der Waals surface area contributed by atoms with Crippen LogP contribution >= 0.6 is 11.6 Å². The van der Waals surface area contributed by atoms with Crippen LogP contribution in [0.25, 0.3) is 22.8 Å². The van der Waals surface area contributed by atoms with Crippen molar-refractivity contribution in [1.82, 2.24) is 19.7 Å². The number of Topliss-reactive ketones (excluding diaryl/α,β-unsaturated/α-hetero) is 1. The second-order valence-corrected chi connectivity index (χ2v) is 7.33. The molecule has 0 fully saturated rings. The standard InChI is InChI=1S/C21H16ClN5O/c1-11-25-18-5-4-16(9-19(18)26-11)27-21(23)17(10-24-27)20(28)14-6-12-2-3-15(22)8-13(12)7-14/h2-6,8-10H,7,23H2,1H3,(H,25,26). The first-order valence-corrected chi connectivity index (χ1v) is 9.21. The second-order valence-electron chi connectivity index (χ2n) is 6.90. The molecule has 0 spiro atoms. The third-order valence-electron chi connectivity index (χ3n) is 4.99. The van der Waals surface area contributed by atoms with E-state index in [0.29, 0.717) is 28.4 Å². The van der Waals surface area contributed by atoms with Gasteiger partial charge < -0.3 is 10.7 Å². The molecule has 0 saturated heterocycles. The van der Waals surface area contributed by atoms with E-state index in [1.54, 1.807) is 4.68 Å². The SMILES string of the molecule is Cc1nc2ccc(-n3ncc(C(=O)C4=Cc5ccc(Cl)cc5C4)c3N)cc2[nH]1. The first-order valence-electron chi connectivity index (χ1n) is 8.83. The van der Waals surface area contributed by atoms with Crippen molar-refractivity contribution >= 4 is 40.3 Å². The molecule has 0 bridgehead atoms. The summed E-state index contributed by atoms with van der Waals surface area (Å²) in [4.78, 5) is 20.6. The number of imidazole rings is 1. The van der Waals surface area contributed by atoms with Gasteiger partial charge in [0.15, 0.2) is 5.78 Å². The Balaban J connectivity index is 1.49. The predicted molar refractivity (Wildman–Crippen MR) is 110 cm³/mol. The number of halogens is 1. The number of aromatic nitrogens is 4. The van der Waals surface area contributed by atoms with Crippen LogP contribution in [0.15, 0.2) is 48.2 Å². The number of allylic oxidation sites excluding steroid dienone is 1. The summed E-state index contributed by atoms with van der Waals surface area (Å²) in [7, 11) is 0. The highest BCUT2D eigenvalue weighted by atomic mass is 35.5. The molecule has 5 rings (SSSR count). The molecule has 1 aliphatic rings. The lowest BCUT2D eigenvalue weighted by atomic mass is 10.0. The maximum absolute atomic E-state index is 13.0. The van der Waals surface area contributed by atoms with Crippen LogP contribution in [0.4, 0.5) is 5.82 Å². The van der Waals surface area contributed by atoms with Gasteiger partial charge in [0.05, 0.1) is 28.5 Å². The van der Waals surface area contributed by atoms with Gasteiger partial charge in [-0.15, -0.1) is 0 Å². The van der Waals surface area contributed by atoms with Crippen molar-refractivity contribution in [3.8, 4) is 5.69 Å². The molecule has 0 unspecified atom stereocenters. The van der Waals surface area contributed by atoms with Crippen LogP contribution in [-0.2, 0) is 6.42 Å². The maximum Gasteiger partial charge on any atom is 0.194 e. The summed E-state index contributed by atoms with van der Waals surface area (Å²) in [6.45, 7) is 1.90. The summed E-state index contributed by atoms with van der Waals surface area (Å²) < 4.78 is 1.57. The van der Waals surface area contributed by atoms with Gasteiger partial charge in [0, 0.05) is 17.0 Å². The zero-order valence-electron chi connectivity index (χ0n) is 15.0. The van der Waals surface area contributed by atoms with E-state index < -0.39 is 0 Å². The second kappa shape index (κ2) is 6.07. The molecule has 2 aromatic carbocycles. The number of carbonyl (C=O) groups is 1. The monoisotopic (exact) mass is 389 g/mol. The molecular formula is C21H16ClN5O. The van der Waals surface area contributed by atoms with Crippen molar-refractivity contribution in [2.45, 2.75) is 13.3 Å². The Morgan fingerprint density at radius 3 is 2.96 bits per heavy atom. The molecular weight excluding hydrogens is 374 g/mol. The molecule has 28 heavy (non-hydrogen) atoms. The molecule has 6 nitrogen and oxygen atoms in total. The van der Waals surface area contributed by atoms with Gasteiger partial charge in [-0.05, 0) is 54.5 Å². The zero-order chi connectivity index (χ0) is 19.4. The largest absolute Gasteiger partial charge is 0.383 e. The fraction of sp³-hybridized carbons (Fsp3) is 0.0952. The summed E-state index contributed by atoms with van der Waals surface area (Å²) in [5, 5.41) is 5.01. The lowest BCUT2D eigenvalue weighted by molar-refractivity contribution is 0.103. The van der Waals surface area contributed by atoms with Crippen LogP contribution in [0.5, 0.6) is 0 Å². The average Bonchev–Trinajstić information content (AvgIpc) is 3.35. The van der Waals surface area contributed by atoms with E-state index in [1.165, 1.54) is 6.20 Å². The minimum atomic E-state index is -0.116. The molecule has 3 N–H and O–H groups in total. The lowest BCUT2D eigenvalue weighted by Crippen LogP contribution is -2.08. The van der Waals surface area contributed by atoms with Gasteiger partial charge in [0.25, 0.3) is 0 Å². The Labute approximate surface area is 165 Å². The van der Waals surface area contributed by atoms with Crippen LogP contribution in [-0.4, -0.2) is 25.5 Å². The minimum Gasteiger partial charge on any atom is -0.383 e. The van der Waals surface area contributed by atoms with Crippen molar-refractivity contribution in [3.05, 3.63) is 75.7 Å². The number of rotatable bonds is 3. The number of aromatic amines is 1. The number of anilines is 1. The number of benzene rings is 2. The highest BCUT2D eigenvalue weighted by Gasteiger charge is 2.24. The summed E-state index contributed by atoms with van der Waals surface area (Å²) in [6, 6.07) is 11.3. The third kappa shape index (κ3) is 2.61. The Morgan fingerprint density at radius 2 is 2.11 bits per heavy atom. The van der Waals surface area contributed by atoms with Crippen molar-refractivity contribution in [2.24, 2.45) is 0 Å². The van der Waals surface area contributed by atoms with Crippen LogP contribution < -0.4 is 5.73 Å². The number of fused-ring (bicyclic) bond motifs is 2. The fourth-order valence-electron chi connectivity index (χ4n) is 3.63. The van der Waals surface area contributed by atoms with Gasteiger partial charge in [0.2, 0.25) is 0 Å². The van der Waals surface area contributed by atoms with Gasteiger partial charge in [-0.1, -0.05) is 17.7 Å². The molecule has 4 aromatic rings. The molecule has 1 aliphatic carbocycles. The van der Waals surface area contributed by atoms with Crippen LogP contribution in [0.3, 0.4) is 0 Å². The Kier molecular flexibility index (Phi) is 3.64. The van der Waals surface area contributed by atoms with Crippen LogP contribution in [0.2, 0.25) is 5.02 Å². The number of nitrogen functional groups attached to an aromatic ring is 1. The van der Waals surface area contributed by atoms with Gasteiger partial charge in [-0.25, -0.2) is 9.67 Å². The quantitative estimate of drug-likeness (QED) is 0.516. The van der Waals surface area contributed by atoms with E-state index in [-0.39, 0.29) is 5.78 Å². The van der Waals surface area contributed by atoms with Crippen molar-refractivity contribution in [1.29, 1.82) is 0 Å². The molecule has 0 radical (unpaired) electrons. The molecule has 2 heterocycles. The maximum atomic E-state index is 13.0. The lowest BCUT2D eigenvalue weighted by Gasteiger charge is -2.05. The number of carbonyl (C=O) groups excluding carboxylic acids is 1. The number of H-pyrrole nitrogens is 1. The minimum absolute atomic E-state index is 0.116. The third-order valence-corrected chi connectivity index (χ3v) is 5.22. The number of hydrogen-bond acceptors (Lipinski definition) is 4. The molecule has 0 atom stereocenters. The van der Waals surface area contributed by atoms with Gasteiger partial charge >= 0.3 is 0 Å². The highest BCUT2D eigenvalue weighted by Crippen LogP contribution is 2.31. The van der Waals surface area contributed by atoms with Crippen molar-refractivity contribution < 1.29 is 4.79 Å². The van der Waals surface area contributed by atoms with Gasteiger partial charge in [-0.2, -0.15) is 5.10 Å². The summed E-state index contributed by atoms with van der Waals surface area (Å²) in [6.07, 6.45) is 3.96. The molecule has 2 aromatic heterocycles. The fourth-order valence-corrected chi connectivity index (χ4v) is 3.82. The Hall–Kier alpha value is -3.38. The van der Waals surface area contributed by atoms with Gasteiger partial charge in [0.1, 0.15) is 11.6 Å². The van der Waals surface area contributed by atoms with Crippen molar-refractivity contribution in [3.63, 3.8) is 0 Å². The van der Waals surface area contributed by atoms with E-state index in [0.717, 1.165) is 33.7 Å². The summed E-state index contributed by atoms with van der Waals surface area (Å²) in [5.41, 5.74) is 12.0. The smallest absolute Gasteiger partial charge is 0.194 e. The van der Waals surface area contributed by atoms with Crippen molar-refractivity contribution in [2.75, 3.05) is 5.73 Å². The first-order chi connectivity index (χ1) is 13.5. The van der Waals surface area contributed by atoms with E-state index in [1.807, 2.05) is 49.4 Å². The Bertz CT molecular complexity index is 1300. The number of hydrogen-bond donors (Lipinski definition) is 2. The number of nitrogens with zero attached hydrogens (tertiary/aromatic N) is 3. The summed E-state index contributed by atoms with van der Waals surface area (Å²) in [5.74, 6) is 1.04. The van der Waals surface area contributed by atoms with E-state index in [2.05, 4.69) is 15.1 Å². The van der Waals surface area contributed by atoms with Crippen LogP contribution in [0.1, 0.15) is 27.3 Å². The molecule has 7 heteroatoms. The van der Waals surface area contributed by atoms with Gasteiger partial charge in [-0.3, -0.25) is 4.79 Å². The molecule has 0 aliphatic heterocycles. The number of ketones is 1. The van der Waals surface area contributed by atoms with Crippen LogP contribution in [0, 0.1) is 6.92 Å². The number of nitrogens with one attached hydrogen (secondary N) is 1. The first kappa shape index (κ1) is 16.8. The van der Waals surface area contributed by atoms with E-state index in [9.17, 15) is 4.79 Å². The molecule has 0 amide bonds. The summed E-state index contributed by atoms with van der Waals surface area (Å²) >= 11 is 6.06. The topological polar surface area (TPSA) is 89.6 Å². The van der Waals surface area contributed by atoms with E-state index in [4.69, 9.17) is 17.3 Å². The Morgan fingerprint density at radius 1 is 1.25 bits per heavy atom. The normalized spacial score (nSPS) is 13.0.